The van der Waals surface area contributed by atoms with Gasteiger partial charge in [0.05, 0.1) is 5.02 Å². The highest BCUT2D eigenvalue weighted by molar-refractivity contribution is 6.31. The van der Waals surface area contributed by atoms with E-state index in [1.54, 1.807) is 6.20 Å². The van der Waals surface area contributed by atoms with Crippen molar-refractivity contribution in [3.05, 3.63) is 22.8 Å². The number of piperidine rings is 1. The maximum Gasteiger partial charge on any atom is 0.128 e. The van der Waals surface area contributed by atoms with Gasteiger partial charge in [0.2, 0.25) is 0 Å². The number of halogens is 1. The Morgan fingerprint density at radius 3 is 2.75 bits per heavy atom. The Bertz CT molecular complexity index is 426. The topological polar surface area (TPSA) is 28.2 Å². The third-order valence-corrected chi connectivity index (χ3v) is 4.24. The van der Waals surface area contributed by atoms with Gasteiger partial charge in [0.15, 0.2) is 0 Å². The lowest BCUT2D eigenvalue weighted by atomic mass is 9.99. The second-order valence-corrected chi connectivity index (χ2v) is 6.74. The minimum absolute atomic E-state index is 0.652. The standard InChI is InChI=1S/C16H26ClN3/c1-12(2)9-18-10-14-8-16(19-11-15(14)17)20-6-4-13(3)5-7-20/h8,11-13,18H,4-7,9-10H2,1-3H3. The van der Waals surface area contributed by atoms with Crippen molar-refractivity contribution in [2.45, 2.75) is 40.2 Å². The van der Waals surface area contributed by atoms with Crippen molar-refractivity contribution in [2.24, 2.45) is 11.8 Å². The van der Waals surface area contributed by atoms with Crippen LogP contribution in [-0.4, -0.2) is 24.6 Å². The fourth-order valence-corrected chi connectivity index (χ4v) is 2.68. The number of rotatable bonds is 5. The first-order valence-electron chi connectivity index (χ1n) is 7.66. The zero-order valence-corrected chi connectivity index (χ0v) is 13.6. The molecule has 2 heterocycles. The van der Waals surface area contributed by atoms with Gasteiger partial charge in [0, 0.05) is 25.8 Å². The average molecular weight is 296 g/mol. The fourth-order valence-electron chi connectivity index (χ4n) is 2.51. The van der Waals surface area contributed by atoms with Crippen LogP contribution in [0.15, 0.2) is 12.3 Å². The second-order valence-electron chi connectivity index (χ2n) is 6.33. The number of aromatic nitrogens is 1. The summed E-state index contributed by atoms with van der Waals surface area (Å²) in [6.07, 6.45) is 4.30. The molecule has 2 rings (SSSR count). The lowest BCUT2D eigenvalue weighted by Crippen LogP contribution is -2.33. The van der Waals surface area contributed by atoms with Crippen LogP contribution in [0.25, 0.3) is 0 Å². The Labute approximate surface area is 127 Å². The van der Waals surface area contributed by atoms with Gasteiger partial charge in [-0.3, -0.25) is 0 Å². The Balaban J connectivity index is 2.00. The van der Waals surface area contributed by atoms with Crippen LogP contribution in [0.5, 0.6) is 0 Å². The molecule has 0 bridgehead atoms. The van der Waals surface area contributed by atoms with Gasteiger partial charge < -0.3 is 10.2 Å². The molecule has 1 aromatic heterocycles. The van der Waals surface area contributed by atoms with E-state index in [0.29, 0.717) is 5.92 Å². The fraction of sp³-hybridized carbons (Fsp3) is 0.688. The second kappa shape index (κ2) is 7.28. The lowest BCUT2D eigenvalue weighted by Gasteiger charge is -2.31. The molecular weight excluding hydrogens is 270 g/mol. The third-order valence-electron chi connectivity index (χ3n) is 3.90. The van der Waals surface area contributed by atoms with Gasteiger partial charge in [0.25, 0.3) is 0 Å². The summed E-state index contributed by atoms with van der Waals surface area (Å²) in [5.74, 6) is 2.56. The molecule has 0 saturated carbocycles. The number of nitrogens with one attached hydrogen (secondary N) is 1. The molecule has 0 spiro atoms. The van der Waals surface area contributed by atoms with Crippen LogP contribution >= 0.6 is 11.6 Å². The van der Waals surface area contributed by atoms with Gasteiger partial charge in [-0.1, -0.05) is 32.4 Å². The molecule has 1 N–H and O–H groups in total. The Kier molecular flexibility index (Phi) is 5.67. The molecule has 3 nitrogen and oxygen atoms in total. The summed E-state index contributed by atoms with van der Waals surface area (Å²) < 4.78 is 0. The summed E-state index contributed by atoms with van der Waals surface area (Å²) in [5.41, 5.74) is 1.15. The summed E-state index contributed by atoms with van der Waals surface area (Å²) >= 11 is 6.25. The van der Waals surface area contributed by atoms with Crippen molar-refractivity contribution in [3.8, 4) is 0 Å². The highest BCUT2D eigenvalue weighted by Crippen LogP contribution is 2.24. The number of nitrogens with zero attached hydrogens (tertiary/aromatic N) is 2. The molecule has 0 radical (unpaired) electrons. The van der Waals surface area contributed by atoms with Crippen LogP contribution in [-0.2, 0) is 6.54 Å². The first-order valence-corrected chi connectivity index (χ1v) is 8.04. The Morgan fingerprint density at radius 1 is 1.40 bits per heavy atom. The smallest absolute Gasteiger partial charge is 0.128 e. The molecule has 1 aliphatic heterocycles. The molecule has 0 unspecified atom stereocenters. The zero-order chi connectivity index (χ0) is 14.5. The minimum atomic E-state index is 0.652. The van der Waals surface area contributed by atoms with Crippen molar-refractivity contribution in [3.63, 3.8) is 0 Å². The molecule has 0 atom stereocenters. The number of hydrogen-bond donors (Lipinski definition) is 1. The van der Waals surface area contributed by atoms with E-state index in [0.717, 1.165) is 48.5 Å². The van der Waals surface area contributed by atoms with Crippen molar-refractivity contribution < 1.29 is 0 Å². The molecular formula is C16H26ClN3. The van der Waals surface area contributed by atoms with Crippen LogP contribution < -0.4 is 10.2 Å². The Hall–Kier alpha value is -0.800. The number of anilines is 1. The van der Waals surface area contributed by atoms with Crippen LogP contribution in [0.1, 0.15) is 39.2 Å². The molecule has 0 amide bonds. The van der Waals surface area contributed by atoms with E-state index in [1.807, 2.05) is 0 Å². The third kappa shape index (κ3) is 4.35. The predicted octanol–water partition coefficient (Wildman–Crippen LogP) is 3.72. The largest absolute Gasteiger partial charge is 0.357 e. The maximum absolute atomic E-state index is 6.25. The number of pyridine rings is 1. The van der Waals surface area contributed by atoms with Crippen LogP contribution in [0.4, 0.5) is 5.82 Å². The van der Waals surface area contributed by atoms with E-state index in [-0.39, 0.29) is 0 Å². The van der Waals surface area contributed by atoms with Crippen LogP contribution in [0, 0.1) is 11.8 Å². The quantitative estimate of drug-likeness (QED) is 0.897. The molecule has 4 heteroatoms. The van der Waals surface area contributed by atoms with Crippen molar-refractivity contribution >= 4 is 17.4 Å². The SMILES string of the molecule is CC(C)CNCc1cc(N2CCC(C)CC2)ncc1Cl. The monoisotopic (exact) mass is 295 g/mol. The van der Waals surface area contributed by atoms with Gasteiger partial charge >= 0.3 is 0 Å². The van der Waals surface area contributed by atoms with E-state index in [1.165, 1.54) is 12.8 Å². The molecule has 112 valence electrons. The molecule has 0 aliphatic carbocycles. The zero-order valence-electron chi connectivity index (χ0n) is 12.8. The van der Waals surface area contributed by atoms with Gasteiger partial charge in [-0.05, 0) is 42.9 Å². The number of hydrogen-bond acceptors (Lipinski definition) is 3. The molecule has 1 fully saturated rings. The van der Waals surface area contributed by atoms with E-state index in [4.69, 9.17) is 11.6 Å². The minimum Gasteiger partial charge on any atom is -0.357 e. The van der Waals surface area contributed by atoms with Gasteiger partial charge in [0.1, 0.15) is 5.82 Å². The highest BCUT2D eigenvalue weighted by atomic mass is 35.5. The lowest BCUT2D eigenvalue weighted by molar-refractivity contribution is 0.436. The first-order chi connectivity index (χ1) is 9.56. The Morgan fingerprint density at radius 2 is 2.10 bits per heavy atom. The van der Waals surface area contributed by atoms with Gasteiger partial charge in [-0.25, -0.2) is 4.98 Å². The predicted molar refractivity (Wildman–Crippen MR) is 86.4 cm³/mol. The summed E-state index contributed by atoms with van der Waals surface area (Å²) in [4.78, 5) is 6.87. The summed E-state index contributed by atoms with van der Waals surface area (Å²) in [7, 11) is 0. The summed E-state index contributed by atoms with van der Waals surface area (Å²) in [5, 5.41) is 4.21. The summed E-state index contributed by atoms with van der Waals surface area (Å²) in [6, 6.07) is 2.14. The van der Waals surface area contributed by atoms with E-state index in [9.17, 15) is 0 Å². The van der Waals surface area contributed by atoms with E-state index in [2.05, 4.69) is 42.0 Å². The van der Waals surface area contributed by atoms with Gasteiger partial charge in [-0.2, -0.15) is 0 Å². The molecule has 1 saturated heterocycles. The van der Waals surface area contributed by atoms with Crippen molar-refractivity contribution in [1.29, 1.82) is 0 Å². The highest BCUT2D eigenvalue weighted by Gasteiger charge is 2.17. The molecule has 1 aromatic rings. The first kappa shape index (κ1) is 15.6. The summed E-state index contributed by atoms with van der Waals surface area (Å²) in [6.45, 7) is 10.8. The normalized spacial score (nSPS) is 16.9. The van der Waals surface area contributed by atoms with Gasteiger partial charge in [-0.15, -0.1) is 0 Å². The van der Waals surface area contributed by atoms with E-state index < -0.39 is 0 Å². The average Bonchev–Trinajstić information content (AvgIpc) is 2.41. The van der Waals surface area contributed by atoms with Crippen LogP contribution in [0.3, 0.4) is 0 Å². The molecule has 1 aliphatic rings. The maximum atomic E-state index is 6.25. The van der Waals surface area contributed by atoms with Crippen molar-refractivity contribution in [2.75, 3.05) is 24.5 Å². The molecule has 0 aromatic carbocycles. The van der Waals surface area contributed by atoms with E-state index >= 15 is 0 Å². The van der Waals surface area contributed by atoms with Crippen molar-refractivity contribution in [1.82, 2.24) is 10.3 Å². The molecule has 20 heavy (non-hydrogen) atoms. The van der Waals surface area contributed by atoms with Crippen LogP contribution in [0.2, 0.25) is 5.02 Å².